The van der Waals surface area contributed by atoms with E-state index in [4.69, 9.17) is 11.6 Å². The summed E-state index contributed by atoms with van der Waals surface area (Å²) >= 11 is 1.64. The summed E-state index contributed by atoms with van der Waals surface area (Å²) in [5.74, 6) is 0. The highest BCUT2D eigenvalue weighted by atomic mass is 32.1. The number of nitrogens with zero attached hydrogens (tertiary/aromatic N) is 4. The molecule has 4 nitrogen and oxygen atoms in total. The van der Waals surface area contributed by atoms with E-state index in [0.29, 0.717) is 0 Å². The van der Waals surface area contributed by atoms with E-state index in [1.54, 1.807) is 17.4 Å². The Hall–Kier alpha value is -4.97. The van der Waals surface area contributed by atoms with Gasteiger partial charge in [-0.1, -0.05) is 68.4 Å². The molecule has 0 radical (unpaired) electrons. The Morgan fingerprint density at radius 3 is 2.28 bits per heavy atom. The van der Waals surface area contributed by atoms with Gasteiger partial charge in [-0.2, -0.15) is 0 Å². The van der Waals surface area contributed by atoms with Gasteiger partial charge in [-0.05, 0) is 65.2 Å². The molecular weight excluding hydrogens is 496 g/mol. The van der Waals surface area contributed by atoms with E-state index in [0.717, 1.165) is 33.2 Å². The summed E-state index contributed by atoms with van der Waals surface area (Å²) in [6.07, 6.45) is 3.62. The number of aromatic nitrogens is 1. The molecule has 39 heavy (non-hydrogen) atoms. The van der Waals surface area contributed by atoms with Crippen LogP contribution in [-0.2, 0) is 5.41 Å². The van der Waals surface area contributed by atoms with Crippen molar-refractivity contribution in [3.8, 4) is 27.8 Å². The molecule has 1 aliphatic carbocycles. The molecule has 6 rings (SSSR count). The minimum Gasteiger partial charge on any atom is -0.309 e. The van der Waals surface area contributed by atoms with Crippen LogP contribution < -0.4 is 4.90 Å². The third kappa shape index (κ3) is 4.30. The third-order valence-electron chi connectivity index (χ3n) is 7.21. The van der Waals surface area contributed by atoms with Crippen molar-refractivity contribution in [3.05, 3.63) is 136 Å². The second-order valence-electron chi connectivity index (χ2n) is 9.94. The molecule has 2 aromatic heterocycles. The zero-order valence-electron chi connectivity index (χ0n) is 21.6. The van der Waals surface area contributed by atoms with Crippen molar-refractivity contribution in [2.24, 2.45) is 0 Å². The molecule has 3 aromatic carbocycles. The zero-order valence-corrected chi connectivity index (χ0v) is 22.4. The largest absolute Gasteiger partial charge is 0.309 e. The summed E-state index contributed by atoms with van der Waals surface area (Å²) in [4.78, 5) is 12.5. The molecule has 0 aliphatic heterocycles. The number of hydrogen-bond acceptors (Lipinski definition) is 4. The summed E-state index contributed by atoms with van der Waals surface area (Å²) < 4.78 is 0. The maximum Gasteiger partial charge on any atom is 0.263 e. The monoisotopic (exact) mass is 520 g/mol. The van der Waals surface area contributed by atoms with E-state index in [1.165, 1.54) is 21.6 Å². The average Bonchev–Trinajstić information content (AvgIpc) is 3.49. The average molecular weight is 521 g/mol. The molecule has 0 amide bonds. The number of thiophene rings is 1. The number of para-hydroxylation sites is 1. The Morgan fingerprint density at radius 1 is 0.897 bits per heavy atom. The topological polar surface area (TPSA) is 44.3 Å². The van der Waals surface area contributed by atoms with E-state index >= 15 is 0 Å². The van der Waals surface area contributed by atoms with Gasteiger partial charge in [-0.15, -0.1) is 11.3 Å². The van der Waals surface area contributed by atoms with Crippen LogP contribution in [0.4, 0.5) is 17.1 Å². The number of allylic oxidation sites excluding steroid dienone is 1. The highest BCUT2D eigenvalue weighted by Gasteiger charge is 2.37. The van der Waals surface area contributed by atoms with Crippen molar-refractivity contribution in [1.29, 1.82) is 5.26 Å². The normalized spacial score (nSPS) is 13.2. The lowest BCUT2D eigenvalue weighted by Crippen LogP contribution is -2.16. The van der Waals surface area contributed by atoms with Gasteiger partial charge in [0.2, 0.25) is 0 Å². The van der Waals surface area contributed by atoms with Gasteiger partial charge in [-0.3, -0.25) is 4.98 Å². The van der Waals surface area contributed by atoms with Crippen molar-refractivity contribution in [1.82, 2.24) is 4.98 Å². The highest BCUT2D eigenvalue weighted by Crippen LogP contribution is 2.54. The van der Waals surface area contributed by atoms with E-state index in [9.17, 15) is 5.26 Å². The molecule has 1 aliphatic rings. The van der Waals surface area contributed by atoms with E-state index in [1.807, 2.05) is 36.5 Å². The Balaban J connectivity index is 1.43. The first-order valence-corrected chi connectivity index (χ1v) is 13.5. The molecule has 2 heterocycles. The molecule has 0 unspecified atom stereocenters. The lowest BCUT2D eigenvalue weighted by molar-refractivity contribution is 0.662. The predicted molar refractivity (Wildman–Crippen MR) is 160 cm³/mol. The number of rotatable bonds is 5. The predicted octanol–water partition coefficient (Wildman–Crippen LogP) is 9.37. The number of benzene rings is 3. The van der Waals surface area contributed by atoms with Gasteiger partial charge < -0.3 is 4.90 Å². The number of fused-ring (bicyclic) bond motifs is 3. The molecule has 0 N–H and O–H groups in total. The molecule has 5 aromatic rings. The van der Waals surface area contributed by atoms with Crippen LogP contribution in [0.5, 0.6) is 0 Å². The fraction of sp³-hybridized carbons (Fsp3) is 0.0882. The van der Waals surface area contributed by atoms with Crippen molar-refractivity contribution in [2.75, 3.05) is 4.90 Å². The Kier molecular flexibility index (Phi) is 6.08. The number of pyridine rings is 1. The van der Waals surface area contributed by atoms with Gasteiger partial charge in [0.05, 0.1) is 30.2 Å². The molecule has 0 fully saturated rings. The number of nitriles is 1. The molecule has 5 heteroatoms. The minimum atomic E-state index is -0.216. The fourth-order valence-electron chi connectivity index (χ4n) is 5.22. The maximum atomic E-state index is 9.20. The number of anilines is 3. The Morgan fingerprint density at radius 2 is 1.62 bits per heavy atom. The summed E-state index contributed by atoms with van der Waals surface area (Å²) in [6.45, 7) is 11.7. The van der Waals surface area contributed by atoms with Crippen LogP contribution in [-0.4, -0.2) is 4.98 Å². The molecule has 0 spiro atoms. The van der Waals surface area contributed by atoms with E-state index in [-0.39, 0.29) is 11.1 Å². The first kappa shape index (κ1) is 24.4. The third-order valence-corrected chi connectivity index (χ3v) is 8.32. The van der Waals surface area contributed by atoms with E-state index in [2.05, 4.69) is 96.4 Å². The smallest absolute Gasteiger partial charge is 0.263 e. The molecule has 186 valence electrons. The Bertz CT molecular complexity index is 1770. The van der Waals surface area contributed by atoms with Crippen LogP contribution in [0.1, 0.15) is 29.9 Å². The van der Waals surface area contributed by atoms with Gasteiger partial charge in [-0.25, -0.2) is 10.1 Å². The summed E-state index contributed by atoms with van der Waals surface area (Å²) in [5, 5.41) is 9.20. The zero-order chi connectivity index (χ0) is 27.0. The first-order chi connectivity index (χ1) is 19.0. The SMILES string of the molecule is [C-]#[N+]/C(C#N)=C\c1cc2c(s1)-c1ccc(N(c3ccccc3)c3ccc(-c4ccccc4)nc3)cc1C2(C)C. The summed E-state index contributed by atoms with van der Waals surface area (Å²) in [7, 11) is 0. The fourth-order valence-corrected chi connectivity index (χ4v) is 6.52. The maximum absolute atomic E-state index is 9.20. The lowest BCUT2D eigenvalue weighted by atomic mass is 9.82. The second kappa shape index (κ2) is 9.72. The molecule has 0 saturated heterocycles. The first-order valence-electron chi connectivity index (χ1n) is 12.6. The van der Waals surface area contributed by atoms with Crippen LogP contribution in [0, 0.1) is 17.9 Å². The lowest BCUT2D eigenvalue weighted by Gasteiger charge is -2.28. The standard InChI is InChI=1S/C34H24N4S/c1-34(2)30-19-26(14-16-29(30)33-31(34)20-28(39-33)18-24(21-35)36-3)38(25-12-8-5-9-13-25)27-15-17-32(37-22-27)23-10-6-4-7-11-23/h4-20,22H,1-2H3/b24-18-. The van der Waals surface area contributed by atoms with Crippen LogP contribution in [0.15, 0.2) is 109 Å². The minimum absolute atomic E-state index is 0.105. The molecule has 0 atom stereocenters. The second-order valence-corrected chi connectivity index (χ2v) is 11.0. The van der Waals surface area contributed by atoms with Gasteiger partial charge in [0.15, 0.2) is 0 Å². The van der Waals surface area contributed by atoms with Gasteiger partial charge in [0, 0.05) is 32.1 Å². The van der Waals surface area contributed by atoms with Gasteiger partial charge in [0.1, 0.15) is 0 Å². The Labute approximate surface area is 232 Å². The molecular formula is C34H24N4S. The quantitative estimate of drug-likeness (QED) is 0.171. The van der Waals surface area contributed by atoms with Gasteiger partial charge >= 0.3 is 0 Å². The van der Waals surface area contributed by atoms with E-state index < -0.39 is 0 Å². The van der Waals surface area contributed by atoms with Crippen molar-refractivity contribution in [2.45, 2.75) is 19.3 Å². The van der Waals surface area contributed by atoms with Crippen LogP contribution >= 0.6 is 11.3 Å². The van der Waals surface area contributed by atoms with Crippen molar-refractivity contribution < 1.29 is 0 Å². The van der Waals surface area contributed by atoms with Crippen LogP contribution in [0.25, 0.3) is 32.6 Å². The van der Waals surface area contributed by atoms with Crippen molar-refractivity contribution in [3.63, 3.8) is 0 Å². The van der Waals surface area contributed by atoms with Gasteiger partial charge in [0.25, 0.3) is 5.70 Å². The molecule has 0 saturated carbocycles. The van der Waals surface area contributed by atoms with Crippen LogP contribution in [0.3, 0.4) is 0 Å². The summed E-state index contributed by atoms with van der Waals surface area (Å²) in [5.41, 5.74) is 8.73. The highest BCUT2D eigenvalue weighted by molar-refractivity contribution is 7.16. The molecule has 0 bridgehead atoms. The number of hydrogen-bond donors (Lipinski definition) is 0. The van der Waals surface area contributed by atoms with Crippen LogP contribution in [0.2, 0.25) is 0 Å². The van der Waals surface area contributed by atoms with Crippen molar-refractivity contribution >= 4 is 34.5 Å². The summed E-state index contributed by atoms with van der Waals surface area (Å²) in [6, 6.07) is 35.5.